The van der Waals surface area contributed by atoms with Gasteiger partial charge in [-0.15, -0.1) is 10.2 Å². The summed E-state index contributed by atoms with van der Waals surface area (Å²) in [6.07, 6.45) is -10.9. The maximum Gasteiger partial charge on any atom is 0.409 e. The van der Waals surface area contributed by atoms with Crippen molar-refractivity contribution in [1.29, 1.82) is 0 Å². The van der Waals surface area contributed by atoms with Gasteiger partial charge >= 0.3 is 12.4 Å². The maximum atomic E-state index is 12.3. The Hall–Kier alpha value is -1.32. The van der Waals surface area contributed by atoms with Crippen LogP contribution >= 0.6 is 0 Å². The smallest absolute Gasteiger partial charge is 0.409 e. The Morgan fingerprint density at radius 2 is 1.50 bits per heavy atom. The first-order valence-electron chi connectivity index (χ1n) is 4.79. The van der Waals surface area contributed by atoms with Crippen molar-refractivity contribution in [3.8, 4) is 0 Å². The number of nitrogens with zero attached hydrogens (tertiary/aromatic N) is 2. The molecular weight excluding hydrogens is 268 g/mol. The minimum absolute atomic E-state index is 0.240. The molecule has 1 aromatic rings. The summed E-state index contributed by atoms with van der Waals surface area (Å²) in [4.78, 5) is 0. The molecule has 0 aliphatic rings. The van der Waals surface area contributed by atoms with Crippen molar-refractivity contribution in [3.63, 3.8) is 0 Å². The van der Waals surface area contributed by atoms with E-state index in [-0.39, 0.29) is 6.42 Å². The van der Waals surface area contributed by atoms with Crippen LogP contribution in [0.4, 0.5) is 26.3 Å². The number of hydrogen-bond acceptors (Lipinski definition) is 4. The van der Waals surface area contributed by atoms with Crippen LogP contribution in [0.5, 0.6) is 0 Å². The van der Waals surface area contributed by atoms with Crippen LogP contribution in [0.3, 0.4) is 0 Å². The topological polar surface area (TPSA) is 64.9 Å². The number of aromatic nitrogens is 2. The van der Waals surface area contributed by atoms with Crippen molar-refractivity contribution in [1.82, 2.24) is 10.2 Å². The van der Waals surface area contributed by atoms with Gasteiger partial charge in [0.15, 0.2) is 0 Å². The lowest BCUT2D eigenvalue weighted by atomic mass is 10.1. The molecule has 2 N–H and O–H groups in total. The quantitative estimate of drug-likeness (QED) is 0.863. The maximum absolute atomic E-state index is 12.3. The van der Waals surface area contributed by atoms with Gasteiger partial charge < -0.3 is 10.2 Å². The van der Waals surface area contributed by atoms with Crippen molar-refractivity contribution < 1.29 is 30.8 Å². The molecule has 0 fully saturated rings. The second-order valence-corrected chi connectivity index (χ2v) is 3.51. The largest absolute Gasteiger partial charge is 0.423 e. The van der Waals surface area contributed by atoms with E-state index in [1.165, 1.54) is 0 Å². The van der Waals surface area contributed by atoms with E-state index in [4.69, 9.17) is 5.73 Å². The zero-order valence-electron chi connectivity index (χ0n) is 9.01. The molecule has 4 nitrogen and oxygen atoms in total. The van der Waals surface area contributed by atoms with Crippen molar-refractivity contribution in [2.75, 3.05) is 0 Å². The van der Waals surface area contributed by atoms with Gasteiger partial charge in [-0.3, -0.25) is 0 Å². The van der Waals surface area contributed by atoms with Crippen LogP contribution in [0, 0.1) is 0 Å². The van der Waals surface area contributed by atoms with Gasteiger partial charge in [-0.2, -0.15) is 26.3 Å². The molecule has 1 aromatic heterocycles. The Bertz CT molecular complexity index is 384. The average Bonchev–Trinajstić information content (AvgIpc) is 2.60. The predicted molar refractivity (Wildman–Crippen MR) is 46.4 cm³/mol. The second kappa shape index (κ2) is 4.75. The molecule has 0 aliphatic heterocycles. The Labute approximate surface area is 97.2 Å². The Morgan fingerprint density at radius 1 is 1.06 bits per heavy atom. The number of alkyl halides is 6. The van der Waals surface area contributed by atoms with E-state index in [1.54, 1.807) is 6.92 Å². The Kier molecular flexibility index (Phi) is 3.89. The highest BCUT2D eigenvalue weighted by Crippen LogP contribution is 2.45. The first kappa shape index (κ1) is 14.7. The van der Waals surface area contributed by atoms with E-state index < -0.39 is 36.1 Å². The van der Waals surface area contributed by atoms with Crippen molar-refractivity contribution in [2.24, 2.45) is 5.73 Å². The van der Waals surface area contributed by atoms with Gasteiger partial charge in [-0.1, -0.05) is 6.92 Å². The van der Waals surface area contributed by atoms with Crippen LogP contribution < -0.4 is 5.73 Å². The first-order valence-corrected chi connectivity index (χ1v) is 4.79. The third-order valence-corrected chi connectivity index (χ3v) is 2.11. The molecule has 10 heteroatoms. The zero-order chi connectivity index (χ0) is 14.1. The molecule has 0 aromatic carbocycles. The van der Waals surface area contributed by atoms with Gasteiger partial charge in [0.2, 0.25) is 17.7 Å². The average molecular weight is 277 g/mol. The van der Waals surface area contributed by atoms with Gasteiger partial charge in [0.05, 0.1) is 6.04 Å². The molecular formula is C8H9F6N3O. The van der Waals surface area contributed by atoms with Crippen LogP contribution in [0.1, 0.15) is 37.1 Å². The molecule has 1 heterocycles. The van der Waals surface area contributed by atoms with Gasteiger partial charge in [0.1, 0.15) is 0 Å². The fraction of sp³-hybridized carbons (Fsp3) is 0.750. The van der Waals surface area contributed by atoms with Crippen LogP contribution in [-0.4, -0.2) is 22.5 Å². The second-order valence-electron chi connectivity index (χ2n) is 3.51. The highest BCUT2D eigenvalue weighted by Gasteiger charge is 2.60. The monoisotopic (exact) mass is 277 g/mol. The molecule has 0 spiro atoms. The molecule has 104 valence electrons. The molecule has 0 bridgehead atoms. The molecule has 0 aliphatic carbocycles. The zero-order valence-corrected chi connectivity index (χ0v) is 9.01. The summed E-state index contributed by atoms with van der Waals surface area (Å²) in [5, 5.41) is 5.88. The third kappa shape index (κ3) is 3.12. The van der Waals surface area contributed by atoms with Crippen molar-refractivity contribution in [3.05, 3.63) is 11.8 Å². The molecule has 0 saturated heterocycles. The van der Waals surface area contributed by atoms with Crippen molar-refractivity contribution in [2.45, 2.75) is 37.7 Å². The number of nitrogens with two attached hydrogens (primary N) is 1. The van der Waals surface area contributed by atoms with Crippen LogP contribution in [0.2, 0.25) is 0 Å². The normalized spacial score (nSPS) is 15.2. The van der Waals surface area contributed by atoms with Crippen LogP contribution in [-0.2, 0) is 0 Å². The van der Waals surface area contributed by atoms with E-state index in [0.29, 0.717) is 0 Å². The molecule has 1 atom stereocenters. The Balaban J connectivity index is 3.12. The lowest BCUT2D eigenvalue weighted by Crippen LogP contribution is -2.34. The van der Waals surface area contributed by atoms with Gasteiger partial charge in [0, 0.05) is 0 Å². The van der Waals surface area contributed by atoms with Crippen LogP contribution in [0.15, 0.2) is 4.42 Å². The van der Waals surface area contributed by atoms with E-state index in [0.717, 1.165) is 0 Å². The van der Waals surface area contributed by atoms with E-state index in [2.05, 4.69) is 14.6 Å². The SMILES string of the molecule is CCC(N)c1nnc(C(C(F)(F)F)C(F)(F)F)o1. The van der Waals surface area contributed by atoms with Gasteiger partial charge in [-0.05, 0) is 6.42 Å². The molecule has 0 radical (unpaired) electrons. The summed E-state index contributed by atoms with van der Waals surface area (Å²) >= 11 is 0. The third-order valence-electron chi connectivity index (χ3n) is 2.11. The van der Waals surface area contributed by atoms with E-state index in [1.807, 2.05) is 0 Å². The Morgan fingerprint density at radius 3 is 1.89 bits per heavy atom. The summed E-state index contributed by atoms with van der Waals surface area (Å²) in [6, 6.07) is -0.895. The first-order chi connectivity index (χ1) is 8.07. The highest BCUT2D eigenvalue weighted by atomic mass is 19.4. The molecule has 1 rings (SSSR count). The summed E-state index contributed by atoms with van der Waals surface area (Å²) in [6.45, 7) is 1.57. The minimum Gasteiger partial charge on any atom is -0.423 e. The summed E-state index contributed by atoms with van der Waals surface area (Å²) in [5.41, 5.74) is 5.37. The molecule has 0 amide bonds. The minimum atomic E-state index is -5.56. The lowest BCUT2D eigenvalue weighted by Gasteiger charge is -2.19. The summed E-state index contributed by atoms with van der Waals surface area (Å²) < 4.78 is 78.3. The van der Waals surface area contributed by atoms with Gasteiger partial charge in [0.25, 0.3) is 0 Å². The van der Waals surface area contributed by atoms with Crippen molar-refractivity contribution >= 4 is 0 Å². The molecule has 0 saturated carbocycles. The fourth-order valence-electron chi connectivity index (χ4n) is 1.15. The van der Waals surface area contributed by atoms with E-state index in [9.17, 15) is 26.3 Å². The predicted octanol–water partition coefficient (Wildman–Crippen LogP) is 2.69. The molecule has 18 heavy (non-hydrogen) atoms. The fourth-order valence-corrected chi connectivity index (χ4v) is 1.15. The summed E-state index contributed by atoms with van der Waals surface area (Å²) in [7, 11) is 0. The van der Waals surface area contributed by atoms with E-state index >= 15 is 0 Å². The van der Waals surface area contributed by atoms with Gasteiger partial charge in [-0.25, -0.2) is 0 Å². The summed E-state index contributed by atoms with van der Waals surface area (Å²) in [5.74, 6) is -5.80. The molecule has 1 unspecified atom stereocenters. The lowest BCUT2D eigenvalue weighted by molar-refractivity contribution is -0.258. The van der Waals surface area contributed by atoms with Crippen LogP contribution in [0.25, 0.3) is 0 Å². The number of hydrogen-bond donors (Lipinski definition) is 1. The highest BCUT2D eigenvalue weighted by molar-refractivity contribution is 5.01. The number of halogens is 6. The standard InChI is InChI=1S/C8H9F6N3O/c1-2-3(15)5-16-17-6(18-5)4(7(9,10)11)8(12,13)14/h3-4H,2,15H2,1H3. The number of rotatable bonds is 3.